The van der Waals surface area contributed by atoms with E-state index in [9.17, 15) is 13.2 Å². The predicted molar refractivity (Wildman–Crippen MR) is 70.0 cm³/mol. The van der Waals surface area contributed by atoms with Crippen LogP contribution in [0.25, 0.3) is 0 Å². The molecule has 0 radical (unpaired) electrons. The Hall–Kier alpha value is -1.99. The summed E-state index contributed by atoms with van der Waals surface area (Å²) in [5.74, 6) is 0. The third-order valence-corrected chi connectivity index (χ3v) is 4.12. The molecule has 0 amide bonds. The molecular formula is C12H13N3O3S. The highest BCUT2D eigenvalue weighted by molar-refractivity contribution is 7.89. The second-order valence-corrected chi connectivity index (χ2v) is 5.73. The van der Waals surface area contributed by atoms with Gasteiger partial charge in [-0.1, -0.05) is 6.07 Å². The van der Waals surface area contributed by atoms with Gasteiger partial charge in [-0.25, -0.2) is 13.1 Å². The van der Waals surface area contributed by atoms with Crippen LogP contribution in [0.4, 0.5) is 0 Å². The number of aromatic nitrogens is 2. The fourth-order valence-corrected chi connectivity index (χ4v) is 2.76. The fourth-order valence-electron chi connectivity index (χ4n) is 1.56. The van der Waals surface area contributed by atoms with Crippen LogP contribution in [0, 0.1) is 0 Å². The molecule has 0 saturated heterocycles. The van der Waals surface area contributed by atoms with Crippen LogP contribution in [0.15, 0.2) is 52.5 Å². The quantitative estimate of drug-likeness (QED) is 0.866. The molecule has 1 atom stereocenters. The van der Waals surface area contributed by atoms with Crippen LogP contribution in [0.5, 0.6) is 0 Å². The third-order valence-electron chi connectivity index (χ3n) is 2.58. The summed E-state index contributed by atoms with van der Waals surface area (Å²) in [4.78, 5) is 17.2. The van der Waals surface area contributed by atoms with Gasteiger partial charge in [-0.15, -0.1) is 0 Å². The van der Waals surface area contributed by atoms with Crippen molar-refractivity contribution in [3.05, 3.63) is 58.8 Å². The van der Waals surface area contributed by atoms with Crippen LogP contribution in [0.1, 0.15) is 18.5 Å². The Labute approximate surface area is 110 Å². The first-order chi connectivity index (χ1) is 8.99. The van der Waals surface area contributed by atoms with Crippen LogP contribution >= 0.6 is 0 Å². The second-order valence-electron chi connectivity index (χ2n) is 4.02. The Kier molecular flexibility index (Phi) is 3.77. The lowest BCUT2D eigenvalue weighted by Gasteiger charge is -2.13. The fraction of sp³-hybridized carbons (Fsp3) is 0.167. The Morgan fingerprint density at radius 1 is 1.32 bits per heavy atom. The number of nitrogens with zero attached hydrogens (tertiary/aromatic N) is 1. The summed E-state index contributed by atoms with van der Waals surface area (Å²) in [5.41, 5.74) is 0.412. The van der Waals surface area contributed by atoms with Crippen molar-refractivity contribution in [1.29, 1.82) is 0 Å². The molecule has 0 aliphatic carbocycles. The maximum Gasteiger partial charge on any atom is 0.247 e. The van der Waals surface area contributed by atoms with Gasteiger partial charge in [0, 0.05) is 30.7 Å². The van der Waals surface area contributed by atoms with E-state index in [0.29, 0.717) is 0 Å². The van der Waals surface area contributed by atoms with Crippen LogP contribution < -0.4 is 10.3 Å². The largest absolute Gasteiger partial charge is 0.328 e. The lowest BCUT2D eigenvalue weighted by molar-refractivity contribution is 0.566. The van der Waals surface area contributed by atoms with Gasteiger partial charge in [0.25, 0.3) is 0 Å². The molecule has 0 aliphatic rings. The minimum atomic E-state index is -3.67. The molecule has 2 aromatic heterocycles. The molecule has 2 N–H and O–H groups in total. The second kappa shape index (κ2) is 5.33. The highest BCUT2D eigenvalue weighted by Gasteiger charge is 2.18. The normalized spacial score (nSPS) is 13.1. The summed E-state index contributed by atoms with van der Waals surface area (Å²) in [6.45, 7) is 1.72. The molecule has 7 heteroatoms. The average molecular weight is 279 g/mol. The van der Waals surface area contributed by atoms with Gasteiger partial charge < -0.3 is 4.98 Å². The van der Waals surface area contributed by atoms with E-state index in [2.05, 4.69) is 14.7 Å². The Balaban J connectivity index is 2.22. The summed E-state index contributed by atoms with van der Waals surface area (Å²) >= 11 is 0. The molecule has 100 valence electrons. The van der Waals surface area contributed by atoms with E-state index in [1.165, 1.54) is 18.3 Å². The van der Waals surface area contributed by atoms with Crippen molar-refractivity contribution in [3.63, 3.8) is 0 Å². The monoisotopic (exact) mass is 279 g/mol. The third kappa shape index (κ3) is 3.27. The van der Waals surface area contributed by atoms with Crippen molar-refractivity contribution < 1.29 is 8.42 Å². The molecule has 6 nitrogen and oxygen atoms in total. The SMILES string of the molecule is CC(NS(=O)(=O)c1ccc(=O)[nH]c1)c1cccnc1. The van der Waals surface area contributed by atoms with Crippen molar-refractivity contribution in [2.75, 3.05) is 0 Å². The first kappa shape index (κ1) is 13.4. The van der Waals surface area contributed by atoms with E-state index in [0.717, 1.165) is 5.56 Å². The zero-order chi connectivity index (χ0) is 13.9. The van der Waals surface area contributed by atoms with Gasteiger partial charge in [0.1, 0.15) is 0 Å². The number of sulfonamides is 1. The first-order valence-corrected chi connectivity index (χ1v) is 7.08. The zero-order valence-electron chi connectivity index (χ0n) is 10.2. The predicted octanol–water partition coefficient (Wildman–Crippen LogP) is 0.809. The molecule has 2 heterocycles. The van der Waals surface area contributed by atoms with E-state index in [1.807, 2.05) is 0 Å². The highest BCUT2D eigenvalue weighted by Crippen LogP contribution is 2.14. The highest BCUT2D eigenvalue weighted by atomic mass is 32.2. The van der Waals surface area contributed by atoms with Gasteiger partial charge in [0.05, 0.1) is 4.90 Å². The van der Waals surface area contributed by atoms with Crippen molar-refractivity contribution in [2.24, 2.45) is 0 Å². The lowest BCUT2D eigenvalue weighted by atomic mass is 10.2. The van der Waals surface area contributed by atoms with Gasteiger partial charge in [-0.2, -0.15) is 0 Å². The standard InChI is InChI=1S/C12H13N3O3S/c1-9(10-3-2-6-13-7-10)15-19(17,18)11-4-5-12(16)14-8-11/h2-9,15H,1H3,(H,14,16). The molecule has 2 aromatic rings. The summed E-state index contributed by atoms with van der Waals surface area (Å²) in [6, 6.07) is 5.54. The van der Waals surface area contributed by atoms with Crippen molar-refractivity contribution in [1.82, 2.24) is 14.7 Å². The molecule has 0 aliphatic heterocycles. The Morgan fingerprint density at radius 3 is 2.68 bits per heavy atom. The minimum absolute atomic E-state index is 0.0165. The number of aromatic amines is 1. The summed E-state index contributed by atoms with van der Waals surface area (Å²) in [7, 11) is -3.67. The van der Waals surface area contributed by atoms with Crippen molar-refractivity contribution >= 4 is 10.0 Å². The van der Waals surface area contributed by atoms with E-state index in [4.69, 9.17) is 0 Å². The van der Waals surface area contributed by atoms with E-state index >= 15 is 0 Å². The number of hydrogen-bond donors (Lipinski definition) is 2. The van der Waals surface area contributed by atoms with Crippen LogP contribution in [-0.2, 0) is 10.0 Å². The van der Waals surface area contributed by atoms with Crippen molar-refractivity contribution in [2.45, 2.75) is 17.9 Å². The summed E-state index contributed by atoms with van der Waals surface area (Å²) < 4.78 is 26.7. The number of H-pyrrole nitrogens is 1. The molecular weight excluding hydrogens is 266 g/mol. The molecule has 0 bridgehead atoms. The van der Waals surface area contributed by atoms with Gasteiger partial charge in [0.15, 0.2) is 0 Å². The van der Waals surface area contributed by atoms with Crippen LogP contribution in [-0.4, -0.2) is 18.4 Å². The number of pyridine rings is 2. The molecule has 1 unspecified atom stereocenters. The molecule has 0 aromatic carbocycles. The number of hydrogen-bond acceptors (Lipinski definition) is 4. The number of rotatable bonds is 4. The van der Waals surface area contributed by atoms with Gasteiger partial charge in [-0.05, 0) is 24.6 Å². The van der Waals surface area contributed by atoms with Crippen LogP contribution in [0.3, 0.4) is 0 Å². The maximum absolute atomic E-state index is 12.1. The summed E-state index contributed by atoms with van der Waals surface area (Å²) in [6.07, 6.45) is 4.38. The van der Waals surface area contributed by atoms with Gasteiger partial charge in [-0.3, -0.25) is 9.78 Å². The number of nitrogens with one attached hydrogen (secondary N) is 2. The van der Waals surface area contributed by atoms with E-state index in [1.54, 1.807) is 31.5 Å². The Bertz CT molecular complexity index is 690. The average Bonchev–Trinajstić information content (AvgIpc) is 2.40. The van der Waals surface area contributed by atoms with E-state index < -0.39 is 16.1 Å². The Morgan fingerprint density at radius 2 is 2.11 bits per heavy atom. The van der Waals surface area contributed by atoms with Crippen molar-refractivity contribution in [3.8, 4) is 0 Å². The minimum Gasteiger partial charge on any atom is -0.328 e. The molecule has 0 spiro atoms. The smallest absolute Gasteiger partial charge is 0.247 e. The maximum atomic E-state index is 12.1. The first-order valence-electron chi connectivity index (χ1n) is 5.60. The summed E-state index contributed by atoms with van der Waals surface area (Å²) in [5, 5.41) is 0. The van der Waals surface area contributed by atoms with Crippen LogP contribution in [0.2, 0.25) is 0 Å². The lowest BCUT2D eigenvalue weighted by Crippen LogP contribution is -2.27. The molecule has 0 fully saturated rings. The zero-order valence-corrected chi connectivity index (χ0v) is 11.0. The van der Waals surface area contributed by atoms with Gasteiger partial charge in [0.2, 0.25) is 15.6 Å². The molecule has 19 heavy (non-hydrogen) atoms. The van der Waals surface area contributed by atoms with Gasteiger partial charge >= 0.3 is 0 Å². The molecule has 0 saturated carbocycles. The molecule has 2 rings (SSSR count). The topological polar surface area (TPSA) is 91.9 Å². The van der Waals surface area contributed by atoms with E-state index in [-0.39, 0.29) is 10.5 Å².